The van der Waals surface area contributed by atoms with Gasteiger partial charge in [-0.15, -0.1) is 0 Å². The first-order chi connectivity index (χ1) is 11.9. The number of nitrogens with one attached hydrogen (secondary N) is 1. The minimum Gasteiger partial charge on any atom is -0.493 e. The van der Waals surface area contributed by atoms with E-state index in [-0.39, 0.29) is 11.9 Å². The third kappa shape index (κ3) is 5.24. The molecule has 0 aliphatic carbocycles. The van der Waals surface area contributed by atoms with Crippen LogP contribution in [0.4, 0.5) is 0 Å². The molecule has 0 saturated carbocycles. The van der Waals surface area contributed by atoms with Gasteiger partial charge in [-0.25, -0.2) is 0 Å². The normalized spacial score (nSPS) is 10.6. The first-order valence-corrected chi connectivity index (χ1v) is 8.67. The highest BCUT2D eigenvalue weighted by molar-refractivity contribution is 5.94. The highest BCUT2D eigenvalue weighted by atomic mass is 16.5. The summed E-state index contributed by atoms with van der Waals surface area (Å²) in [5, 5.41) is 2.90. The lowest BCUT2D eigenvalue weighted by Gasteiger charge is -2.14. The van der Waals surface area contributed by atoms with Crippen LogP contribution in [0.25, 0.3) is 0 Å². The molecule has 0 fully saturated rings. The van der Waals surface area contributed by atoms with Crippen molar-refractivity contribution in [3.05, 3.63) is 58.7 Å². The first-order valence-electron chi connectivity index (χ1n) is 8.67. The summed E-state index contributed by atoms with van der Waals surface area (Å²) in [5.41, 5.74) is 3.88. The van der Waals surface area contributed by atoms with E-state index in [9.17, 15) is 4.79 Å². The summed E-state index contributed by atoms with van der Waals surface area (Å²) in [6.07, 6.45) is 0. The summed E-state index contributed by atoms with van der Waals surface area (Å²) in [6, 6.07) is 11.6. The fourth-order valence-corrected chi connectivity index (χ4v) is 2.44. The Balaban J connectivity index is 2.20. The molecule has 4 nitrogen and oxygen atoms in total. The summed E-state index contributed by atoms with van der Waals surface area (Å²) in [7, 11) is 0. The monoisotopic (exact) mass is 341 g/mol. The van der Waals surface area contributed by atoms with Gasteiger partial charge in [-0.05, 0) is 76.1 Å². The quantitative estimate of drug-likeness (QED) is 0.811. The number of rotatable bonds is 7. The van der Waals surface area contributed by atoms with Gasteiger partial charge < -0.3 is 14.8 Å². The summed E-state index contributed by atoms with van der Waals surface area (Å²) in [6.45, 7) is 10.9. The van der Waals surface area contributed by atoms with Crippen LogP contribution >= 0.6 is 0 Å². The van der Waals surface area contributed by atoms with Crippen molar-refractivity contribution < 1.29 is 14.3 Å². The van der Waals surface area contributed by atoms with Crippen molar-refractivity contribution in [3.8, 4) is 11.5 Å². The van der Waals surface area contributed by atoms with E-state index in [1.54, 1.807) is 6.07 Å². The average Bonchev–Trinajstić information content (AvgIpc) is 2.56. The lowest BCUT2D eigenvalue weighted by molar-refractivity contribution is 0.0943. The fraction of sp³-hybridized carbons (Fsp3) is 0.381. The fourth-order valence-electron chi connectivity index (χ4n) is 2.44. The molecule has 2 aromatic rings. The molecule has 0 saturated heterocycles. The Bertz CT molecular complexity index is 738. The van der Waals surface area contributed by atoms with Crippen LogP contribution in [-0.4, -0.2) is 18.6 Å². The van der Waals surface area contributed by atoms with Crippen molar-refractivity contribution in [3.63, 3.8) is 0 Å². The number of amides is 1. The van der Waals surface area contributed by atoms with Crippen LogP contribution in [0.3, 0.4) is 0 Å². The first kappa shape index (κ1) is 18.8. The van der Waals surface area contributed by atoms with Gasteiger partial charge in [0.1, 0.15) is 18.1 Å². The van der Waals surface area contributed by atoms with Crippen LogP contribution in [0.5, 0.6) is 11.5 Å². The Morgan fingerprint density at radius 2 is 1.80 bits per heavy atom. The number of aryl methyl sites for hydroxylation is 2. The van der Waals surface area contributed by atoms with E-state index in [1.165, 1.54) is 11.1 Å². The van der Waals surface area contributed by atoms with Crippen LogP contribution in [-0.2, 0) is 6.61 Å². The highest BCUT2D eigenvalue weighted by Crippen LogP contribution is 2.24. The Hall–Kier alpha value is -2.49. The topological polar surface area (TPSA) is 47.6 Å². The summed E-state index contributed by atoms with van der Waals surface area (Å²) in [5.74, 6) is 1.46. The molecule has 0 aromatic heterocycles. The van der Waals surface area contributed by atoms with Crippen molar-refractivity contribution in [2.24, 2.45) is 0 Å². The molecule has 25 heavy (non-hydrogen) atoms. The van der Waals surface area contributed by atoms with Gasteiger partial charge in [0, 0.05) is 17.2 Å². The molecular weight excluding hydrogens is 314 g/mol. The maximum atomic E-state index is 12.2. The summed E-state index contributed by atoms with van der Waals surface area (Å²) >= 11 is 0. The van der Waals surface area contributed by atoms with Crippen LogP contribution < -0.4 is 14.8 Å². The van der Waals surface area contributed by atoms with E-state index in [0.717, 1.165) is 17.1 Å². The van der Waals surface area contributed by atoms with E-state index in [2.05, 4.69) is 19.2 Å². The van der Waals surface area contributed by atoms with E-state index >= 15 is 0 Å². The Morgan fingerprint density at radius 1 is 1.04 bits per heavy atom. The van der Waals surface area contributed by atoms with E-state index < -0.39 is 0 Å². The lowest BCUT2D eigenvalue weighted by atomic mass is 10.1. The lowest BCUT2D eigenvalue weighted by Crippen LogP contribution is -2.30. The predicted octanol–water partition coefficient (Wildman–Crippen LogP) is 4.42. The van der Waals surface area contributed by atoms with E-state index in [1.807, 2.05) is 51.1 Å². The van der Waals surface area contributed by atoms with Crippen molar-refractivity contribution >= 4 is 5.91 Å². The van der Waals surface area contributed by atoms with Crippen LogP contribution in [0, 0.1) is 13.8 Å². The molecule has 2 rings (SSSR count). The summed E-state index contributed by atoms with van der Waals surface area (Å²) < 4.78 is 11.6. The molecule has 0 unspecified atom stereocenters. The molecular formula is C21H27NO3. The average molecular weight is 341 g/mol. The molecule has 0 radical (unpaired) electrons. The van der Waals surface area contributed by atoms with Gasteiger partial charge in [0.25, 0.3) is 5.91 Å². The molecule has 4 heteroatoms. The number of hydrogen-bond donors (Lipinski definition) is 1. The second-order valence-electron chi connectivity index (χ2n) is 6.42. The molecule has 0 bridgehead atoms. The van der Waals surface area contributed by atoms with E-state index in [4.69, 9.17) is 9.47 Å². The standard InChI is InChI=1S/C21H27NO3/c1-6-24-20-10-8-17(21(23)22-14(2)3)12-18(20)13-25-19-9-7-15(4)16(5)11-19/h7-12,14H,6,13H2,1-5H3,(H,22,23). The van der Waals surface area contributed by atoms with Gasteiger partial charge in [-0.2, -0.15) is 0 Å². The van der Waals surface area contributed by atoms with Gasteiger partial charge in [0.05, 0.1) is 6.61 Å². The summed E-state index contributed by atoms with van der Waals surface area (Å²) in [4.78, 5) is 12.2. The highest BCUT2D eigenvalue weighted by Gasteiger charge is 2.12. The van der Waals surface area contributed by atoms with Crippen molar-refractivity contribution in [2.45, 2.75) is 47.3 Å². The molecule has 2 aromatic carbocycles. The second kappa shape index (κ2) is 8.56. The van der Waals surface area contributed by atoms with Crippen LogP contribution in [0.1, 0.15) is 47.8 Å². The molecule has 0 aliphatic heterocycles. The molecule has 0 spiro atoms. The molecule has 0 aliphatic rings. The smallest absolute Gasteiger partial charge is 0.251 e. The number of hydrogen-bond acceptors (Lipinski definition) is 3. The Labute approximate surface area is 150 Å². The van der Waals surface area contributed by atoms with Crippen LogP contribution in [0.2, 0.25) is 0 Å². The third-order valence-electron chi connectivity index (χ3n) is 3.91. The predicted molar refractivity (Wildman–Crippen MR) is 100 cm³/mol. The van der Waals surface area contributed by atoms with Gasteiger partial charge >= 0.3 is 0 Å². The molecule has 134 valence electrons. The number of carbonyl (C=O) groups is 1. The minimum atomic E-state index is -0.0921. The van der Waals surface area contributed by atoms with Gasteiger partial charge in [-0.1, -0.05) is 6.07 Å². The Morgan fingerprint density at radius 3 is 2.44 bits per heavy atom. The maximum absolute atomic E-state index is 12.2. The van der Waals surface area contributed by atoms with Gasteiger partial charge in [-0.3, -0.25) is 4.79 Å². The SMILES string of the molecule is CCOc1ccc(C(=O)NC(C)C)cc1COc1ccc(C)c(C)c1. The maximum Gasteiger partial charge on any atom is 0.251 e. The molecule has 1 N–H and O–H groups in total. The zero-order valence-corrected chi connectivity index (χ0v) is 15.7. The number of ether oxygens (including phenoxy) is 2. The molecule has 1 amide bonds. The van der Waals surface area contributed by atoms with Crippen LogP contribution in [0.15, 0.2) is 36.4 Å². The van der Waals surface area contributed by atoms with E-state index in [0.29, 0.717) is 18.8 Å². The number of benzene rings is 2. The largest absolute Gasteiger partial charge is 0.493 e. The van der Waals surface area contributed by atoms with Crippen molar-refractivity contribution in [1.82, 2.24) is 5.32 Å². The number of carbonyl (C=O) groups excluding carboxylic acids is 1. The molecule has 0 heterocycles. The zero-order chi connectivity index (χ0) is 18.4. The van der Waals surface area contributed by atoms with Gasteiger partial charge in [0.15, 0.2) is 0 Å². The molecule has 0 atom stereocenters. The van der Waals surface area contributed by atoms with Gasteiger partial charge in [0.2, 0.25) is 0 Å². The zero-order valence-electron chi connectivity index (χ0n) is 15.7. The third-order valence-corrected chi connectivity index (χ3v) is 3.91. The second-order valence-corrected chi connectivity index (χ2v) is 6.42. The Kier molecular flexibility index (Phi) is 6.45. The minimum absolute atomic E-state index is 0.0919. The van der Waals surface area contributed by atoms with Crippen molar-refractivity contribution in [2.75, 3.05) is 6.61 Å². The van der Waals surface area contributed by atoms with Crippen molar-refractivity contribution in [1.29, 1.82) is 0 Å².